The molecular weight excluding hydrogens is 239 g/mol. The Morgan fingerprint density at radius 3 is 2.61 bits per heavy atom. The minimum absolute atomic E-state index is 0.0841. The van der Waals surface area contributed by atoms with E-state index in [0.29, 0.717) is 0 Å². The number of carbonyl (C=O) groups is 2. The molecule has 5 nitrogen and oxygen atoms in total. The van der Waals surface area contributed by atoms with Crippen molar-refractivity contribution in [3.05, 3.63) is 41.7 Å². The van der Waals surface area contributed by atoms with Crippen LogP contribution in [0.15, 0.2) is 30.4 Å². The van der Waals surface area contributed by atoms with E-state index in [4.69, 9.17) is 5.11 Å². The SMILES string of the molecule is C=C(C)CNC(=O)Nc1ccc(C(=O)O)cc1F. The molecule has 0 radical (unpaired) electrons. The van der Waals surface area contributed by atoms with E-state index in [1.165, 1.54) is 12.1 Å². The van der Waals surface area contributed by atoms with Crippen molar-refractivity contribution in [2.45, 2.75) is 6.92 Å². The van der Waals surface area contributed by atoms with Crippen LogP contribution in [0.1, 0.15) is 17.3 Å². The number of hydrogen-bond acceptors (Lipinski definition) is 2. The summed E-state index contributed by atoms with van der Waals surface area (Å²) in [6.07, 6.45) is 0. The lowest BCUT2D eigenvalue weighted by Crippen LogP contribution is -2.30. The zero-order chi connectivity index (χ0) is 13.7. The standard InChI is InChI=1S/C12H13FN2O3/c1-7(2)6-14-12(18)15-10-4-3-8(11(16)17)5-9(10)13/h3-5H,1,6H2,2H3,(H,16,17)(H2,14,15,18). The van der Waals surface area contributed by atoms with Crippen LogP contribution < -0.4 is 10.6 Å². The van der Waals surface area contributed by atoms with Gasteiger partial charge in [-0.1, -0.05) is 12.2 Å². The van der Waals surface area contributed by atoms with Gasteiger partial charge in [0.05, 0.1) is 11.3 Å². The lowest BCUT2D eigenvalue weighted by molar-refractivity contribution is 0.0696. The topological polar surface area (TPSA) is 78.4 Å². The molecular formula is C12H13FN2O3. The van der Waals surface area contributed by atoms with Gasteiger partial charge in [-0.25, -0.2) is 14.0 Å². The number of urea groups is 1. The molecule has 6 heteroatoms. The molecule has 0 aromatic heterocycles. The average molecular weight is 252 g/mol. The maximum Gasteiger partial charge on any atom is 0.335 e. The number of halogens is 1. The van der Waals surface area contributed by atoms with E-state index in [9.17, 15) is 14.0 Å². The van der Waals surface area contributed by atoms with E-state index in [1.54, 1.807) is 6.92 Å². The highest BCUT2D eigenvalue weighted by Crippen LogP contribution is 2.15. The summed E-state index contributed by atoms with van der Waals surface area (Å²) in [5.41, 5.74) is 0.492. The molecule has 0 heterocycles. The fourth-order valence-corrected chi connectivity index (χ4v) is 1.15. The second kappa shape index (κ2) is 5.81. The molecule has 0 saturated carbocycles. The highest BCUT2D eigenvalue weighted by Gasteiger charge is 2.10. The number of hydrogen-bond donors (Lipinski definition) is 3. The largest absolute Gasteiger partial charge is 0.478 e. The summed E-state index contributed by atoms with van der Waals surface area (Å²) in [6, 6.07) is 2.66. The van der Waals surface area contributed by atoms with Crippen molar-refractivity contribution in [3.63, 3.8) is 0 Å². The summed E-state index contributed by atoms with van der Waals surface area (Å²) in [4.78, 5) is 21.9. The zero-order valence-electron chi connectivity index (χ0n) is 9.79. The first-order chi connectivity index (χ1) is 8.40. The van der Waals surface area contributed by atoms with Crippen molar-refractivity contribution in [2.75, 3.05) is 11.9 Å². The van der Waals surface area contributed by atoms with Crippen molar-refractivity contribution in [1.82, 2.24) is 5.32 Å². The van der Waals surface area contributed by atoms with Gasteiger partial charge in [-0.05, 0) is 25.1 Å². The molecule has 0 atom stereocenters. The molecule has 3 N–H and O–H groups in total. The minimum Gasteiger partial charge on any atom is -0.478 e. The number of anilines is 1. The third kappa shape index (κ3) is 3.89. The van der Waals surface area contributed by atoms with E-state index < -0.39 is 17.8 Å². The molecule has 0 bridgehead atoms. The van der Waals surface area contributed by atoms with E-state index >= 15 is 0 Å². The van der Waals surface area contributed by atoms with Crippen LogP contribution in [0, 0.1) is 5.82 Å². The van der Waals surface area contributed by atoms with Gasteiger partial charge in [0.2, 0.25) is 0 Å². The van der Waals surface area contributed by atoms with Gasteiger partial charge in [-0.15, -0.1) is 0 Å². The molecule has 0 aliphatic carbocycles. The molecule has 0 fully saturated rings. The Balaban J connectivity index is 2.70. The van der Waals surface area contributed by atoms with E-state index in [-0.39, 0.29) is 17.8 Å². The first kappa shape index (κ1) is 13.7. The average Bonchev–Trinajstić information content (AvgIpc) is 2.29. The molecule has 0 saturated heterocycles. The quantitative estimate of drug-likeness (QED) is 0.719. The molecule has 0 unspecified atom stereocenters. The predicted octanol–water partition coefficient (Wildman–Crippen LogP) is 2.22. The van der Waals surface area contributed by atoms with Crippen LogP contribution in [-0.2, 0) is 0 Å². The second-order valence-corrected chi connectivity index (χ2v) is 3.76. The van der Waals surface area contributed by atoms with Gasteiger partial charge >= 0.3 is 12.0 Å². The number of carboxylic acids is 1. The Hall–Kier alpha value is -2.37. The van der Waals surface area contributed by atoms with Crippen LogP contribution in [0.5, 0.6) is 0 Å². The number of aromatic carboxylic acids is 1. The lowest BCUT2D eigenvalue weighted by atomic mass is 10.2. The summed E-state index contributed by atoms with van der Waals surface area (Å²) >= 11 is 0. The number of amides is 2. The third-order valence-corrected chi connectivity index (χ3v) is 2.01. The second-order valence-electron chi connectivity index (χ2n) is 3.76. The van der Waals surface area contributed by atoms with Gasteiger partial charge in [0.1, 0.15) is 5.82 Å². The predicted molar refractivity (Wildman–Crippen MR) is 65.2 cm³/mol. The van der Waals surface area contributed by atoms with Crippen molar-refractivity contribution in [3.8, 4) is 0 Å². The van der Waals surface area contributed by atoms with Crippen LogP contribution in [-0.4, -0.2) is 23.7 Å². The summed E-state index contributed by atoms with van der Waals surface area (Å²) < 4.78 is 13.4. The Bertz CT molecular complexity index is 500. The molecule has 0 aliphatic heterocycles. The first-order valence-electron chi connectivity index (χ1n) is 5.12. The smallest absolute Gasteiger partial charge is 0.335 e. The van der Waals surface area contributed by atoms with E-state index in [0.717, 1.165) is 11.6 Å². The minimum atomic E-state index is -1.23. The van der Waals surface area contributed by atoms with E-state index in [1.807, 2.05) is 0 Å². The number of benzene rings is 1. The van der Waals surface area contributed by atoms with Gasteiger partial charge < -0.3 is 15.7 Å². The fraction of sp³-hybridized carbons (Fsp3) is 0.167. The molecule has 96 valence electrons. The highest BCUT2D eigenvalue weighted by atomic mass is 19.1. The molecule has 1 aromatic carbocycles. The van der Waals surface area contributed by atoms with E-state index in [2.05, 4.69) is 17.2 Å². The molecule has 0 aliphatic rings. The van der Waals surface area contributed by atoms with Gasteiger partial charge in [-0.2, -0.15) is 0 Å². The van der Waals surface area contributed by atoms with Gasteiger partial charge in [0.15, 0.2) is 0 Å². The van der Waals surface area contributed by atoms with Crippen LogP contribution >= 0.6 is 0 Å². The summed E-state index contributed by atoms with van der Waals surface area (Å²) in [5.74, 6) is -2.03. The molecule has 2 amide bonds. The zero-order valence-corrected chi connectivity index (χ0v) is 9.79. The highest BCUT2D eigenvalue weighted by molar-refractivity contribution is 5.91. The molecule has 1 rings (SSSR count). The monoisotopic (exact) mass is 252 g/mol. The van der Waals surface area contributed by atoms with Crippen molar-refractivity contribution in [1.29, 1.82) is 0 Å². The summed E-state index contributed by atoms with van der Waals surface area (Å²) in [5, 5.41) is 13.4. The lowest BCUT2D eigenvalue weighted by Gasteiger charge is -2.08. The number of carbonyl (C=O) groups excluding carboxylic acids is 1. The summed E-state index contributed by atoms with van der Waals surface area (Å²) in [7, 11) is 0. The third-order valence-electron chi connectivity index (χ3n) is 2.01. The van der Waals surface area contributed by atoms with Crippen molar-refractivity contribution in [2.24, 2.45) is 0 Å². The normalized spacial score (nSPS) is 9.67. The first-order valence-corrected chi connectivity index (χ1v) is 5.12. The maximum absolute atomic E-state index is 13.4. The molecule has 18 heavy (non-hydrogen) atoms. The molecule has 0 spiro atoms. The van der Waals surface area contributed by atoms with Crippen molar-refractivity contribution >= 4 is 17.7 Å². The van der Waals surface area contributed by atoms with Crippen LogP contribution in [0.3, 0.4) is 0 Å². The number of carboxylic acid groups (broad SMARTS) is 1. The number of rotatable bonds is 4. The Labute approximate surface area is 103 Å². The maximum atomic E-state index is 13.4. The van der Waals surface area contributed by atoms with Crippen molar-refractivity contribution < 1.29 is 19.1 Å². The Morgan fingerprint density at radius 1 is 1.44 bits per heavy atom. The van der Waals surface area contributed by atoms with Gasteiger partial charge in [-0.3, -0.25) is 0 Å². The fourth-order valence-electron chi connectivity index (χ4n) is 1.15. The van der Waals surface area contributed by atoms with Crippen LogP contribution in [0.2, 0.25) is 0 Å². The molecule has 1 aromatic rings. The number of nitrogens with one attached hydrogen (secondary N) is 2. The van der Waals surface area contributed by atoms with Crippen LogP contribution in [0.4, 0.5) is 14.9 Å². The Morgan fingerprint density at radius 2 is 2.11 bits per heavy atom. The van der Waals surface area contributed by atoms with Gasteiger partial charge in [0, 0.05) is 6.54 Å². The Kier molecular flexibility index (Phi) is 4.42. The van der Waals surface area contributed by atoms with Crippen LogP contribution in [0.25, 0.3) is 0 Å². The van der Waals surface area contributed by atoms with Gasteiger partial charge in [0.25, 0.3) is 0 Å². The summed E-state index contributed by atoms with van der Waals surface area (Å²) in [6.45, 7) is 5.62.